The standard InChI is InChI=1S/C48H29NOS2/c1-4-16-43-36(11-1)37-25-21-33(29-44(37)50-43)31-9-7-10-35(27-31)49(42-15-8-14-40-38-12-2-6-18-46(38)52-48(40)42)34-23-19-30(20-24-34)32-22-26-47-41(28-32)39-13-3-5-17-45(39)51-47/h1-29H. The second kappa shape index (κ2) is 11.7. The van der Waals surface area contributed by atoms with Gasteiger partial charge in [0.2, 0.25) is 0 Å². The number of nitrogens with zero attached hydrogens (tertiary/aromatic N) is 1. The minimum atomic E-state index is 0.903. The molecule has 0 saturated heterocycles. The van der Waals surface area contributed by atoms with Gasteiger partial charge in [0.15, 0.2) is 0 Å². The lowest BCUT2D eigenvalue weighted by atomic mass is 10.0. The molecule has 0 aliphatic carbocycles. The molecule has 52 heavy (non-hydrogen) atoms. The fourth-order valence-corrected chi connectivity index (χ4v) is 10.1. The first-order chi connectivity index (χ1) is 25.7. The molecule has 0 saturated carbocycles. The van der Waals surface area contributed by atoms with Crippen molar-refractivity contribution in [3.05, 3.63) is 176 Å². The quantitative estimate of drug-likeness (QED) is 0.178. The van der Waals surface area contributed by atoms with Crippen LogP contribution in [0.5, 0.6) is 0 Å². The summed E-state index contributed by atoms with van der Waals surface area (Å²) in [6.07, 6.45) is 0. The van der Waals surface area contributed by atoms with E-state index in [1.807, 2.05) is 34.8 Å². The van der Waals surface area contributed by atoms with Gasteiger partial charge in [0.1, 0.15) is 11.2 Å². The Hall–Kier alpha value is -6.20. The van der Waals surface area contributed by atoms with Crippen LogP contribution in [0.25, 0.3) is 84.5 Å². The molecule has 0 radical (unpaired) electrons. The molecular formula is C48H29NOS2. The summed E-state index contributed by atoms with van der Waals surface area (Å²) in [6.45, 7) is 0. The largest absolute Gasteiger partial charge is 0.456 e. The van der Waals surface area contributed by atoms with E-state index in [1.54, 1.807) is 0 Å². The zero-order valence-electron chi connectivity index (χ0n) is 27.9. The summed E-state index contributed by atoms with van der Waals surface area (Å²) in [5.74, 6) is 0. The highest BCUT2D eigenvalue weighted by Gasteiger charge is 2.19. The van der Waals surface area contributed by atoms with E-state index < -0.39 is 0 Å². The molecule has 11 rings (SSSR count). The van der Waals surface area contributed by atoms with Crippen molar-refractivity contribution in [2.75, 3.05) is 4.90 Å². The van der Waals surface area contributed by atoms with Crippen LogP contribution in [0, 0.1) is 0 Å². The maximum Gasteiger partial charge on any atom is 0.136 e. The highest BCUT2D eigenvalue weighted by molar-refractivity contribution is 7.26. The van der Waals surface area contributed by atoms with Crippen LogP contribution < -0.4 is 4.90 Å². The van der Waals surface area contributed by atoms with Gasteiger partial charge in [-0.3, -0.25) is 0 Å². The third kappa shape index (κ3) is 4.69. The topological polar surface area (TPSA) is 16.4 Å². The number of hydrogen-bond donors (Lipinski definition) is 0. The molecule has 0 spiro atoms. The Bertz CT molecular complexity index is 3150. The van der Waals surface area contributed by atoms with Gasteiger partial charge in [0.25, 0.3) is 0 Å². The van der Waals surface area contributed by atoms with Gasteiger partial charge in [0, 0.05) is 57.8 Å². The van der Waals surface area contributed by atoms with Crippen molar-refractivity contribution in [3.63, 3.8) is 0 Å². The number of anilines is 3. The summed E-state index contributed by atoms with van der Waals surface area (Å²) in [4.78, 5) is 2.42. The van der Waals surface area contributed by atoms with Crippen molar-refractivity contribution in [1.82, 2.24) is 0 Å². The number of hydrogen-bond acceptors (Lipinski definition) is 4. The van der Waals surface area contributed by atoms with E-state index in [9.17, 15) is 0 Å². The number of fused-ring (bicyclic) bond motifs is 9. The van der Waals surface area contributed by atoms with Crippen LogP contribution >= 0.6 is 22.7 Å². The van der Waals surface area contributed by atoms with Gasteiger partial charge in [-0.1, -0.05) is 103 Å². The van der Waals surface area contributed by atoms with E-state index in [0.29, 0.717) is 0 Å². The van der Waals surface area contributed by atoms with Gasteiger partial charge in [-0.25, -0.2) is 0 Å². The maximum atomic E-state index is 6.29. The first-order valence-electron chi connectivity index (χ1n) is 17.5. The second-order valence-corrected chi connectivity index (χ2v) is 15.4. The molecular weight excluding hydrogens is 671 g/mol. The molecule has 0 atom stereocenters. The predicted octanol–water partition coefficient (Wildman–Crippen LogP) is 15.1. The molecule has 0 aliphatic heterocycles. The molecule has 4 heteroatoms. The summed E-state index contributed by atoms with van der Waals surface area (Å²) >= 11 is 3.72. The van der Waals surface area contributed by atoms with Crippen molar-refractivity contribution in [1.29, 1.82) is 0 Å². The first kappa shape index (κ1) is 29.5. The van der Waals surface area contributed by atoms with Crippen molar-refractivity contribution in [2.45, 2.75) is 0 Å². The van der Waals surface area contributed by atoms with Gasteiger partial charge in [-0.2, -0.15) is 0 Å². The Morgan fingerprint density at radius 1 is 0.346 bits per heavy atom. The molecule has 2 nitrogen and oxygen atoms in total. The Balaban J connectivity index is 1.06. The molecule has 0 unspecified atom stereocenters. The molecule has 0 aliphatic rings. The third-order valence-electron chi connectivity index (χ3n) is 10.3. The van der Waals surface area contributed by atoms with Gasteiger partial charge >= 0.3 is 0 Å². The molecule has 3 heterocycles. The first-order valence-corrected chi connectivity index (χ1v) is 19.1. The zero-order valence-corrected chi connectivity index (χ0v) is 29.5. The van der Waals surface area contributed by atoms with Gasteiger partial charge in [0.05, 0.1) is 10.4 Å². The van der Waals surface area contributed by atoms with Crippen LogP contribution in [-0.2, 0) is 0 Å². The van der Waals surface area contributed by atoms with Gasteiger partial charge in [-0.15, -0.1) is 22.7 Å². The minimum absolute atomic E-state index is 0.903. The number of furan rings is 1. The summed E-state index contributed by atoms with van der Waals surface area (Å²) < 4.78 is 11.5. The third-order valence-corrected chi connectivity index (χ3v) is 12.6. The SMILES string of the molecule is c1cc(-c2ccc3c(c2)oc2ccccc23)cc(N(c2ccc(-c3ccc4sc5ccccc5c4c3)cc2)c2cccc3c2sc2ccccc23)c1. The molecule has 0 N–H and O–H groups in total. The number of rotatable bonds is 5. The van der Waals surface area contributed by atoms with Crippen LogP contribution in [0.15, 0.2) is 180 Å². The van der Waals surface area contributed by atoms with Crippen LogP contribution in [0.3, 0.4) is 0 Å². The summed E-state index contributed by atoms with van der Waals surface area (Å²) in [7, 11) is 0. The van der Waals surface area contributed by atoms with Crippen LogP contribution in [0.4, 0.5) is 17.1 Å². The van der Waals surface area contributed by atoms with Crippen LogP contribution in [-0.4, -0.2) is 0 Å². The zero-order chi connectivity index (χ0) is 34.2. The molecule has 244 valence electrons. The molecule has 0 amide bonds. The summed E-state index contributed by atoms with van der Waals surface area (Å²) in [5.41, 5.74) is 9.89. The fourth-order valence-electron chi connectivity index (χ4n) is 7.77. The Morgan fingerprint density at radius 2 is 0.962 bits per heavy atom. The van der Waals surface area contributed by atoms with Crippen molar-refractivity contribution >= 4 is 102 Å². The Kier molecular flexibility index (Phi) is 6.63. The Labute approximate surface area is 308 Å². The van der Waals surface area contributed by atoms with Crippen molar-refractivity contribution in [3.8, 4) is 22.3 Å². The van der Waals surface area contributed by atoms with Crippen LogP contribution in [0.1, 0.15) is 0 Å². The van der Waals surface area contributed by atoms with E-state index in [0.717, 1.165) is 44.4 Å². The molecule has 3 aromatic heterocycles. The molecule has 0 fully saturated rings. The van der Waals surface area contributed by atoms with Gasteiger partial charge in [-0.05, 0) is 95.1 Å². The summed E-state index contributed by atoms with van der Waals surface area (Å²) in [6, 6.07) is 63.8. The average molecular weight is 700 g/mol. The van der Waals surface area contributed by atoms with E-state index in [2.05, 4.69) is 169 Å². The van der Waals surface area contributed by atoms with Gasteiger partial charge < -0.3 is 9.32 Å². The van der Waals surface area contributed by atoms with E-state index >= 15 is 0 Å². The number of thiophene rings is 2. The molecule has 0 bridgehead atoms. The molecule has 8 aromatic carbocycles. The van der Waals surface area contributed by atoms with Crippen molar-refractivity contribution in [2.24, 2.45) is 0 Å². The van der Waals surface area contributed by atoms with E-state index in [-0.39, 0.29) is 0 Å². The lowest BCUT2D eigenvalue weighted by Crippen LogP contribution is -2.10. The predicted molar refractivity (Wildman–Crippen MR) is 225 cm³/mol. The Morgan fingerprint density at radius 3 is 1.83 bits per heavy atom. The smallest absolute Gasteiger partial charge is 0.136 e. The lowest BCUT2D eigenvalue weighted by molar-refractivity contribution is 0.669. The number of benzene rings is 8. The normalized spacial score (nSPS) is 11.8. The highest BCUT2D eigenvalue weighted by Crippen LogP contribution is 2.46. The monoisotopic (exact) mass is 699 g/mol. The summed E-state index contributed by atoms with van der Waals surface area (Å²) in [5, 5.41) is 7.50. The maximum absolute atomic E-state index is 6.29. The average Bonchev–Trinajstić information content (AvgIpc) is 3.89. The lowest BCUT2D eigenvalue weighted by Gasteiger charge is -2.27. The second-order valence-electron chi connectivity index (χ2n) is 13.3. The highest BCUT2D eigenvalue weighted by atomic mass is 32.1. The van der Waals surface area contributed by atoms with Crippen LogP contribution in [0.2, 0.25) is 0 Å². The minimum Gasteiger partial charge on any atom is -0.456 e. The fraction of sp³-hybridized carbons (Fsp3) is 0. The van der Waals surface area contributed by atoms with E-state index in [1.165, 1.54) is 57.2 Å². The van der Waals surface area contributed by atoms with E-state index in [4.69, 9.17) is 4.42 Å². The molecule has 11 aromatic rings. The number of para-hydroxylation sites is 1. The van der Waals surface area contributed by atoms with Crippen molar-refractivity contribution < 1.29 is 4.42 Å².